The maximum atomic E-state index is 12.0. The maximum absolute atomic E-state index is 12.0. The highest BCUT2D eigenvalue weighted by Crippen LogP contribution is 2.38. The van der Waals surface area contributed by atoms with Gasteiger partial charge < -0.3 is 14.5 Å². The molecule has 1 amide bonds. The SMILES string of the molecule is CCC[C@H](O[Si](C)(C)C(C)(C)C)[C@H](NC(C)=O)C(=O)OC. The lowest BCUT2D eigenvalue weighted by molar-refractivity contribution is -0.148. The fraction of sp³-hybridized carbons (Fsp3) is 0.867. The van der Waals surface area contributed by atoms with E-state index < -0.39 is 20.3 Å². The molecule has 0 aromatic carbocycles. The van der Waals surface area contributed by atoms with Gasteiger partial charge in [-0.15, -0.1) is 0 Å². The maximum Gasteiger partial charge on any atom is 0.331 e. The molecule has 0 spiro atoms. The lowest BCUT2D eigenvalue weighted by atomic mass is 10.1. The molecule has 0 bridgehead atoms. The summed E-state index contributed by atoms with van der Waals surface area (Å²) in [6.07, 6.45) is 1.21. The Morgan fingerprint density at radius 1 is 1.24 bits per heavy atom. The first-order valence-electron chi connectivity index (χ1n) is 7.49. The van der Waals surface area contributed by atoms with Gasteiger partial charge in [0.15, 0.2) is 14.4 Å². The summed E-state index contributed by atoms with van der Waals surface area (Å²) in [6, 6.07) is -0.749. The number of esters is 1. The van der Waals surface area contributed by atoms with Crippen molar-refractivity contribution < 1.29 is 18.8 Å². The molecule has 0 aliphatic carbocycles. The van der Waals surface area contributed by atoms with Crippen LogP contribution >= 0.6 is 0 Å². The van der Waals surface area contributed by atoms with Gasteiger partial charge in [-0.1, -0.05) is 34.1 Å². The number of hydrogen-bond donors (Lipinski definition) is 1. The number of hydrogen-bond acceptors (Lipinski definition) is 4. The van der Waals surface area contributed by atoms with Crippen LogP contribution in [0.3, 0.4) is 0 Å². The van der Waals surface area contributed by atoms with Crippen molar-refractivity contribution in [2.75, 3.05) is 7.11 Å². The summed E-state index contributed by atoms with van der Waals surface area (Å²) in [5, 5.41) is 2.71. The quantitative estimate of drug-likeness (QED) is 0.579. The molecule has 5 nitrogen and oxygen atoms in total. The van der Waals surface area contributed by atoms with Gasteiger partial charge in [-0.3, -0.25) is 4.79 Å². The van der Waals surface area contributed by atoms with Crippen LogP contribution in [0.1, 0.15) is 47.5 Å². The van der Waals surface area contributed by atoms with Gasteiger partial charge in [0, 0.05) is 6.92 Å². The summed E-state index contributed by atoms with van der Waals surface area (Å²) in [6.45, 7) is 14.1. The van der Waals surface area contributed by atoms with Gasteiger partial charge in [0.1, 0.15) is 0 Å². The van der Waals surface area contributed by atoms with E-state index in [4.69, 9.17) is 9.16 Å². The van der Waals surface area contributed by atoms with E-state index in [1.807, 2.05) is 6.92 Å². The lowest BCUT2D eigenvalue weighted by Gasteiger charge is -2.41. The van der Waals surface area contributed by atoms with Crippen molar-refractivity contribution in [3.8, 4) is 0 Å². The van der Waals surface area contributed by atoms with Gasteiger partial charge in [-0.2, -0.15) is 0 Å². The number of carbonyl (C=O) groups is 2. The molecule has 0 unspecified atom stereocenters. The van der Waals surface area contributed by atoms with Crippen molar-refractivity contribution in [1.29, 1.82) is 0 Å². The molecular formula is C15H31NO4Si. The van der Waals surface area contributed by atoms with Crippen molar-refractivity contribution in [2.24, 2.45) is 0 Å². The summed E-state index contributed by atoms with van der Waals surface area (Å²) in [5.74, 6) is -0.715. The van der Waals surface area contributed by atoms with Crippen LogP contribution in [0.15, 0.2) is 0 Å². The van der Waals surface area contributed by atoms with Crippen LogP contribution in [0, 0.1) is 0 Å². The molecule has 0 saturated heterocycles. The van der Waals surface area contributed by atoms with Crippen LogP contribution in [0.5, 0.6) is 0 Å². The fourth-order valence-corrected chi connectivity index (χ4v) is 3.15. The summed E-state index contributed by atoms with van der Waals surface area (Å²) >= 11 is 0. The van der Waals surface area contributed by atoms with Crippen molar-refractivity contribution >= 4 is 20.2 Å². The van der Waals surface area contributed by atoms with E-state index in [9.17, 15) is 9.59 Å². The zero-order chi connectivity index (χ0) is 16.8. The number of carbonyl (C=O) groups excluding carboxylic acids is 2. The van der Waals surface area contributed by atoms with Crippen LogP contribution in [0.2, 0.25) is 18.1 Å². The van der Waals surface area contributed by atoms with E-state index >= 15 is 0 Å². The minimum absolute atomic E-state index is 0.0376. The minimum atomic E-state index is -2.04. The molecule has 0 saturated carbocycles. The third-order valence-electron chi connectivity index (χ3n) is 4.01. The summed E-state index contributed by atoms with van der Waals surface area (Å²) < 4.78 is 11.2. The lowest BCUT2D eigenvalue weighted by Crippen LogP contribution is -2.54. The van der Waals surface area contributed by atoms with Crippen LogP contribution in [-0.2, 0) is 18.8 Å². The zero-order valence-corrected chi connectivity index (χ0v) is 15.7. The van der Waals surface area contributed by atoms with Gasteiger partial charge in [-0.05, 0) is 24.6 Å². The molecule has 1 N–H and O–H groups in total. The number of ether oxygens (including phenoxy) is 1. The normalized spacial score (nSPS) is 15.2. The van der Waals surface area contributed by atoms with Gasteiger partial charge in [0.25, 0.3) is 0 Å². The molecule has 0 aliphatic heterocycles. The second kappa shape index (κ2) is 7.94. The van der Waals surface area contributed by atoms with E-state index in [2.05, 4.69) is 39.2 Å². The average molecular weight is 318 g/mol. The standard InChI is InChI=1S/C15H31NO4Si/c1-9-10-12(20-21(7,8)15(3,4)5)13(14(18)19-6)16-11(2)17/h12-13H,9-10H2,1-8H3,(H,16,17)/t12-,13-/m0/s1. The first kappa shape index (κ1) is 20.1. The Labute approximate surface area is 129 Å². The monoisotopic (exact) mass is 317 g/mol. The molecule has 6 heteroatoms. The second-order valence-electron chi connectivity index (χ2n) is 6.91. The van der Waals surface area contributed by atoms with Crippen LogP contribution in [0.4, 0.5) is 0 Å². The second-order valence-corrected chi connectivity index (χ2v) is 11.7. The molecule has 2 atom stereocenters. The Balaban J connectivity index is 5.31. The van der Waals surface area contributed by atoms with Crippen LogP contribution < -0.4 is 5.32 Å². The highest BCUT2D eigenvalue weighted by molar-refractivity contribution is 6.74. The highest BCUT2D eigenvalue weighted by atomic mass is 28.4. The predicted molar refractivity (Wildman–Crippen MR) is 86.6 cm³/mol. The Morgan fingerprint density at radius 2 is 1.76 bits per heavy atom. The van der Waals surface area contributed by atoms with E-state index in [1.54, 1.807) is 0 Å². The predicted octanol–water partition coefficient (Wildman–Crippen LogP) is 2.85. The molecule has 0 aromatic heterocycles. The van der Waals surface area contributed by atoms with Gasteiger partial charge in [0.2, 0.25) is 5.91 Å². The Hall–Kier alpha value is -0.883. The third-order valence-corrected chi connectivity index (χ3v) is 8.52. The summed E-state index contributed by atoms with van der Waals surface area (Å²) in [5.41, 5.74) is 0. The highest BCUT2D eigenvalue weighted by Gasteiger charge is 2.42. The van der Waals surface area contributed by atoms with Crippen LogP contribution in [-0.4, -0.2) is 39.4 Å². The fourth-order valence-electron chi connectivity index (χ4n) is 1.78. The minimum Gasteiger partial charge on any atom is -0.467 e. The molecule has 0 aromatic rings. The molecule has 21 heavy (non-hydrogen) atoms. The molecule has 0 fully saturated rings. The van der Waals surface area contributed by atoms with Gasteiger partial charge in [0.05, 0.1) is 13.2 Å². The number of rotatable bonds is 7. The third kappa shape index (κ3) is 6.18. The smallest absolute Gasteiger partial charge is 0.331 e. The molecule has 0 heterocycles. The number of amides is 1. The van der Waals surface area contributed by atoms with Crippen molar-refractivity contribution in [3.05, 3.63) is 0 Å². The largest absolute Gasteiger partial charge is 0.467 e. The first-order chi connectivity index (χ1) is 9.46. The Morgan fingerprint density at radius 3 is 2.10 bits per heavy atom. The van der Waals surface area contributed by atoms with E-state index in [0.29, 0.717) is 6.42 Å². The zero-order valence-electron chi connectivity index (χ0n) is 14.7. The topological polar surface area (TPSA) is 64.6 Å². The molecule has 0 radical (unpaired) electrons. The molecule has 0 rings (SSSR count). The molecular weight excluding hydrogens is 286 g/mol. The van der Waals surface area contributed by atoms with E-state index in [1.165, 1.54) is 14.0 Å². The number of methoxy groups -OCH3 is 1. The molecule has 0 aliphatic rings. The first-order valence-corrected chi connectivity index (χ1v) is 10.4. The number of nitrogens with one attached hydrogen (secondary N) is 1. The summed E-state index contributed by atoms with van der Waals surface area (Å²) in [4.78, 5) is 23.4. The van der Waals surface area contributed by atoms with Crippen LogP contribution in [0.25, 0.3) is 0 Å². The van der Waals surface area contributed by atoms with Gasteiger partial charge >= 0.3 is 5.97 Å². The van der Waals surface area contributed by atoms with E-state index in [0.717, 1.165) is 6.42 Å². The Bertz CT molecular complexity index is 363. The van der Waals surface area contributed by atoms with Crippen molar-refractivity contribution in [1.82, 2.24) is 5.32 Å². The van der Waals surface area contributed by atoms with Gasteiger partial charge in [-0.25, -0.2) is 4.79 Å². The van der Waals surface area contributed by atoms with Crippen molar-refractivity contribution in [2.45, 2.75) is 77.7 Å². The Kier molecular flexibility index (Phi) is 7.60. The van der Waals surface area contributed by atoms with E-state index in [-0.39, 0.29) is 17.0 Å². The molecule has 124 valence electrons. The average Bonchev–Trinajstić information content (AvgIpc) is 2.32. The summed E-state index contributed by atoms with van der Waals surface area (Å²) in [7, 11) is -0.711. The van der Waals surface area contributed by atoms with Crippen molar-refractivity contribution in [3.63, 3.8) is 0 Å².